The monoisotopic (exact) mass is 394 g/mol. The Morgan fingerprint density at radius 2 is 1.78 bits per heavy atom. The van der Waals surface area contributed by atoms with Crippen LogP contribution in [0.3, 0.4) is 0 Å². The fraction of sp³-hybridized carbons (Fsp3) is 0.333. The maximum absolute atomic E-state index is 6.17. The second kappa shape index (κ2) is 7.56. The lowest BCUT2D eigenvalue weighted by Gasteiger charge is -2.36. The van der Waals surface area contributed by atoms with Crippen molar-refractivity contribution < 1.29 is 4.74 Å². The van der Waals surface area contributed by atoms with E-state index >= 15 is 0 Å². The number of hydrogen-bond donors (Lipinski definition) is 0. The Labute approximate surface area is 150 Å². The van der Waals surface area contributed by atoms with Crippen molar-refractivity contribution >= 4 is 33.2 Å². The summed E-state index contributed by atoms with van der Waals surface area (Å²) in [5.74, 6) is 0.719. The molecule has 0 radical (unpaired) electrons. The summed E-state index contributed by atoms with van der Waals surface area (Å²) < 4.78 is 6.36. The molecule has 1 fully saturated rings. The van der Waals surface area contributed by atoms with Gasteiger partial charge in [-0.05, 0) is 27.6 Å². The standard InChI is InChI=1S/C18H20BrClN2O/c1-23-18-12-17(15(19)11-16(18)20)22-9-7-21(8-10-22)13-14-5-3-2-4-6-14/h2-6,11-12H,7-10,13H2,1H3. The Hall–Kier alpha value is -1.23. The van der Waals surface area contributed by atoms with Crippen molar-refractivity contribution in [2.75, 3.05) is 38.2 Å². The van der Waals surface area contributed by atoms with Crippen LogP contribution >= 0.6 is 27.5 Å². The highest BCUT2D eigenvalue weighted by Crippen LogP contribution is 2.36. The molecule has 3 nitrogen and oxygen atoms in total. The lowest BCUT2D eigenvalue weighted by molar-refractivity contribution is 0.249. The second-order valence-corrected chi connectivity index (χ2v) is 6.95. The molecule has 1 saturated heterocycles. The van der Waals surface area contributed by atoms with E-state index in [-0.39, 0.29) is 0 Å². The highest BCUT2D eigenvalue weighted by molar-refractivity contribution is 9.10. The van der Waals surface area contributed by atoms with Gasteiger partial charge in [0.1, 0.15) is 5.75 Å². The van der Waals surface area contributed by atoms with Crippen LogP contribution in [0.25, 0.3) is 0 Å². The topological polar surface area (TPSA) is 15.7 Å². The zero-order chi connectivity index (χ0) is 16.2. The van der Waals surface area contributed by atoms with Crippen LogP contribution in [0.4, 0.5) is 5.69 Å². The Bertz CT molecular complexity index is 658. The predicted molar refractivity (Wildman–Crippen MR) is 99.6 cm³/mol. The lowest BCUT2D eigenvalue weighted by atomic mass is 10.2. The van der Waals surface area contributed by atoms with E-state index in [2.05, 4.69) is 56.1 Å². The van der Waals surface area contributed by atoms with Crippen molar-refractivity contribution in [2.24, 2.45) is 0 Å². The van der Waals surface area contributed by atoms with Gasteiger partial charge in [0.2, 0.25) is 0 Å². The lowest BCUT2D eigenvalue weighted by Crippen LogP contribution is -2.46. The predicted octanol–water partition coefficient (Wildman–Crippen LogP) is 4.43. The van der Waals surface area contributed by atoms with Gasteiger partial charge in [-0.15, -0.1) is 0 Å². The molecular formula is C18H20BrClN2O. The Morgan fingerprint density at radius 3 is 2.43 bits per heavy atom. The molecule has 5 heteroatoms. The molecule has 0 aliphatic carbocycles. The van der Waals surface area contributed by atoms with Gasteiger partial charge in [-0.1, -0.05) is 41.9 Å². The molecule has 0 atom stereocenters. The van der Waals surface area contributed by atoms with Crippen LogP contribution in [0.5, 0.6) is 5.75 Å². The van der Waals surface area contributed by atoms with Crippen LogP contribution < -0.4 is 9.64 Å². The van der Waals surface area contributed by atoms with Crippen LogP contribution in [0.1, 0.15) is 5.56 Å². The minimum Gasteiger partial charge on any atom is -0.495 e. The zero-order valence-electron chi connectivity index (χ0n) is 13.1. The van der Waals surface area contributed by atoms with E-state index in [4.69, 9.17) is 16.3 Å². The molecule has 2 aromatic rings. The third-order valence-electron chi connectivity index (χ3n) is 4.18. The van der Waals surface area contributed by atoms with Crippen molar-refractivity contribution in [3.05, 3.63) is 57.5 Å². The van der Waals surface area contributed by atoms with Gasteiger partial charge in [0.25, 0.3) is 0 Å². The molecule has 0 aromatic heterocycles. The van der Waals surface area contributed by atoms with Gasteiger partial charge < -0.3 is 9.64 Å². The average Bonchev–Trinajstić information content (AvgIpc) is 2.57. The fourth-order valence-corrected chi connectivity index (χ4v) is 3.87. The summed E-state index contributed by atoms with van der Waals surface area (Å²) in [7, 11) is 1.65. The number of rotatable bonds is 4. The first-order valence-corrected chi connectivity index (χ1v) is 8.88. The Morgan fingerprint density at radius 1 is 1.09 bits per heavy atom. The number of anilines is 1. The molecule has 3 rings (SSSR count). The summed E-state index contributed by atoms with van der Waals surface area (Å²) >= 11 is 9.79. The Kier molecular flexibility index (Phi) is 5.46. The normalized spacial score (nSPS) is 15.7. The molecule has 0 amide bonds. The van der Waals surface area contributed by atoms with Gasteiger partial charge in [0.15, 0.2) is 0 Å². The van der Waals surface area contributed by atoms with Gasteiger partial charge in [0, 0.05) is 43.3 Å². The Balaban J connectivity index is 1.65. The van der Waals surface area contributed by atoms with E-state index in [0.29, 0.717) is 5.02 Å². The van der Waals surface area contributed by atoms with Crippen LogP contribution in [-0.2, 0) is 6.54 Å². The van der Waals surface area contributed by atoms with Crippen LogP contribution in [0, 0.1) is 0 Å². The summed E-state index contributed by atoms with van der Waals surface area (Å²) in [4.78, 5) is 4.87. The quantitative estimate of drug-likeness (QED) is 0.761. The minimum atomic E-state index is 0.630. The van der Waals surface area contributed by atoms with Crippen molar-refractivity contribution in [3.8, 4) is 5.75 Å². The number of methoxy groups -OCH3 is 1. The van der Waals surface area contributed by atoms with E-state index in [1.165, 1.54) is 5.56 Å². The number of halogens is 2. The molecule has 23 heavy (non-hydrogen) atoms. The van der Waals surface area contributed by atoms with Crippen molar-refractivity contribution in [1.29, 1.82) is 0 Å². The summed E-state index contributed by atoms with van der Waals surface area (Å²) in [5.41, 5.74) is 2.51. The maximum atomic E-state index is 6.17. The number of hydrogen-bond acceptors (Lipinski definition) is 3. The zero-order valence-corrected chi connectivity index (χ0v) is 15.5. The first kappa shape index (κ1) is 16.6. The highest BCUT2D eigenvalue weighted by Gasteiger charge is 2.20. The first-order chi connectivity index (χ1) is 11.2. The molecule has 122 valence electrons. The van der Waals surface area contributed by atoms with Crippen LogP contribution in [0.2, 0.25) is 5.02 Å². The largest absolute Gasteiger partial charge is 0.495 e. The van der Waals surface area contributed by atoms with E-state index in [0.717, 1.165) is 48.6 Å². The molecule has 0 N–H and O–H groups in total. The van der Waals surface area contributed by atoms with Crippen LogP contribution in [0.15, 0.2) is 46.9 Å². The smallest absolute Gasteiger partial charge is 0.139 e. The molecule has 1 aliphatic heterocycles. The van der Waals surface area contributed by atoms with E-state index in [1.807, 2.05) is 12.1 Å². The molecule has 0 saturated carbocycles. The number of nitrogens with zero attached hydrogens (tertiary/aromatic N) is 2. The molecule has 2 aromatic carbocycles. The number of benzene rings is 2. The van der Waals surface area contributed by atoms with Gasteiger partial charge >= 0.3 is 0 Å². The molecule has 0 unspecified atom stereocenters. The minimum absolute atomic E-state index is 0.630. The van der Waals surface area contributed by atoms with E-state index in [9.17, 15) is 0 Å². The van der Waals surface area contributed by atoms with Gasteiger partial charge in [-0.2, -0.15) is 0 Å². The highest BCUT2D eigenvalue weighted by atomic mass is 79.9. The van der Waals surface area contributed by atoms with Crippen molar-refractivity contribution in [2.45, 2.75) is 6.54 Å². The average molecular weight is 396 g/mol. The molecule has 0 bridgehead atoms. The number of ether oxygens (including phenoxy) is 1. The molecule has 1 heterocycles. The third-order valence-corrected chi connectivity index (χ3v) is 5.11. The SMILES string of the molecule is COc1cc(N2CCN(Cc3ccccc3)CC2)c(Br)cc1Cl. The van der Waals surface area contributed by atoms with Gasteiger partial charge in [-0.25, -0.2) is 0 Å². The summed E-state index contributed by atoms with van der Waals surface area (Å²) in [6.45, 7) is 5.10. The first-order valence-electron chi connectivity index (χ1n) is 7.71. The van der Waals surface area contributed by atoms with Crippen molar-refractivity contribution in [1.82, 2.24) is 4.90 Å². The molecule has 0 spiro atoms. The summed E-state index contributed by atoms with van der Waals surface area (Å²) in [6.07, 6.45) is 0. The summed E-state index contributed by atoms with van der Waals surface area (Å²) in [6, 6.07) is 14.6. The fourth-order valence-electron chi connectivity index (χ4n) is 2.91. The van der Waals surface area contributed by atoms with Crippen LogP contribution in [-0.4, -0.2) is 38.2 Å². The van der Waals surface area contributed by atoms with Gasteiger partial charge in [-0.3, -0.25) is 4.90 Å². The second-order valence-electron chi connectivity index (χ2n) is 5.69. The summed E-state index contributed by atoms with van der Waals surface area (Å²) in [5, 5.41) is 0.630. The van der Waals surface area contributed by atoms with Crippen molar-refractivity contribution in [3.63, 3.8) is 0 Å². The number of piperazine rings is 1. The van der Waals surface area contributed by atoms with E-state index in [1.54, 1.807) is 7.11 Å². The molecular weight excluding hydrogens is 376 g/mol. The van der Waals surface area contributed by atoms with E-state index < -0.39 is 0 Å². The third kappa shape index (κ3) is 4.00. The maximum Gasteiger partial charge on any atom is 0.139 e. The van der Waals surface area contributed by atoms with Gasteiger partial charge in [0.05, 0.1) is 17.8 Å². The molecule has 1 aliphatic rings.